The molecule has 2 aromatic carbocycles. The van der Waals surface area contributed by atoms with Crippen LogP contribution in [0.2, 0.25) is 5.02 Å². The van der Waals surface area contributed by atoms with Gasteiger partial charge < -0.3 is 9.64 Å². The molecule has 1 amide bonds. The fourth-order valence-electron chi connectivity index (χ4n) is 4.13. The molecule has 0 radical (unpaired) electrons. The van der Waals surface area contributed by atoms with E-state index in [9.17, 15) is 4.79 Å². The van der Waals surface area contributed by atoms with Crippen LogP contribution in [0.5, 0.6) is 0 Å². The maximum absolute atomic E-state index is 13.4. The summed E-state index contributed by atoms with van der Waals surface area (Å²) in [6.07, 6.45) is 2.00. The van der Waals surface area contributed by atoms with Crippen molar-refractivity contribution in [3.63, 3.8) is 0 Å². The van der Waals surface area contributed by atoms with Crippen LogP contribution in [0.4, 0.5) is 0 Å². The molecule has 1 fully saturated rings. The van der Waals surface area contributed by atoms with Gasteiger partial charge in [0.15, 0.2) is 5.65 Å². The van der Waals surface area contributed by atoms with Gasteiger partial charge in [-0.05, 0) is 72.7 Å². The Balaban J connectivity index is 1.54. The molecule has 0 unspecified atom stereocenters. The second kappa shape index (κ2) is 8.24. The van der Waals surface area contributed by atoms with Crippen molar-refractivity contribution in [2.75, 3.05) is 13.2 Å². The van der Waals surface area contributed by atoms with Gasteiger partial charge in [0.1, 0.15) is 0 Å². The first kappa shape index (κ1) is 19.9. The highest BCUT2D eigenvalue weighted by atomic mass is 35.5. The zero-order valence-corrected chi connectivity index (χ0v) is 17.9. The van der Waals surface area contributed by atoms with Crippen molar-refractivity contribution in [3.8, 4) is 0 Å². The highest BCUT2D eigenvalue weighted by Crippen LogP contribution is 2.24. The number of pyridine rings is 1. The van der Waals surface area contributed by atoms with Crippen LogP contribution in [0, 0.1) is 6.92 Å². The Hall–Kier alpha value is -3.03. The first-order valence-corrected chi connectivity index (χ1v) is 10.7. The summed E-state index contributed by atoms with van der Waals surface area (Å²) in [6, 6.07) is 15.2. The lowest BCUT2D eigenvalue weighted by atomic mass is 10.1. The molecule has 7 nitrogen and oxygen atoms in total. The number of amides is 1. The molecule has 0 N–H and O–H groups in total. The van der Waals surface area contributed by atoms with Crippen molar-refractivity contribution >= 4 is 34.1 Å². The molecule has 158 valence electrons. The zero-order chi connectivity index (χ0) is 21.4. The topological polar surface area (TPSA) is 72.6 Å². The number of tetrazole rings is 1. The van der Waals surface area contributed by atoms with E-state index in [1.54, 1.807) is 28.8 Å². The molecule has 0 bridgehead atoms. The van der Waals surface area contributed by atoms with Crippen LogP contribution in [-0.2, 0) is 11.3 Å². The molecule has 1 atom stereocenters. The number of aryl methyl sites for hydroxylation is 1. The van der Waals surface area contributed by atoms with E-state index in [0.29, 0.717) is 29.3 Å². The summed E-state index contributed by atoms with van der Waals surface area (Å²) in [5, 5.41) is 13.9. The van der Waals surface area contributed by atoms with E-state index in [1.807, 2.05) is 17.0 Å². The molecule has 8 heteroatoms. The molecule has 4 aromatic rings. The number of aromatic nitrogens is 4. The molecule has 1 aliphatic rings. The number of fused-ring (bicyclic) bond motifs is 3. The van der Waals surface area contributed by atoms with Gasteiger partial charge in [0.2, 0.25) is 0 Å². The average Bonchev–Trinajstić information content (AvgIpc) is 3.45. The summed E-state index contributed by atoms with van der Waals surface area (Å²) in [7, 11) is 0. The van der Waals surface area contributed by atoms with Crippen molar-refractivity contribution in [2.45, 2.75) is 32.4 Å². The highest BCUT2D eigenvalue weighted by molar-refractivity contribution is 6.30. The predicted molar refractivity (Wildman–Crippen MR) is 118 cm³/mol. The van der Waals surface area contributed by atoms with Crippen LogP contribution in [0.1, 0.15) is 34.3 Å². The van der Waals surface area contributed by atoms with Gasteiger partial charge in [-0.3, -0.25) is 4.79 Å². The van der Waals surface area contributed by atoms with Crippen LogP contribution in [0.15, 0.2) is 48.5 Å². The van der Waals surface area contributed by atoms with Crippen LogP contribution >= 0.6 is 11.6 Å². The van der Waals surface area contributed by atoms with Crippen LogP contribution in [-0.4, -0.2) is 50.1 Å². The lowest BCUT2D eigenvalue weighted by molar-refractivity contribution is 0.0508. The standard InChI is InChI=1S/C23H22ClN5O2/c1-15-4-9-21-17(11-15)12-18(22-25-26-27-29(21)22)13-28(14-20-3-2-10-31-20)23(30)16-5-7-19(24)8-6-16/h4-9,11-12,20H,2-3,10,13-14H2,1H3/t20-/m0/s1. The van der Waals surface area contributed by atoms with Crippen molar-refractivity contribution in [1.29, 1.82) is 0 Å². The minimum atomic E-state index is -0.0675. The number of ether oxygens (including phenoxy) is 1. The molecule has 1 saturated heterocycles. The van der Waals surface area contributed by atoms with Gasteiger partial charge in [0.25, 0.3) is 5.91 Å². The second-order valence-corrected chi connectivity index (χ2v) is 8.41. The Morgan fingerprint density at radius 2 is 2.06 bits per heavy atom. The van der Waals surface area contributed by atoms with Crippen molar-refractivity contribution in [3.05, 3.63) is 70.2 Å². The normalized spacial score (nSPS) is 16.3. The van der Waals surface area contributed by atoms with Gasteiger partial charge >= 0.3 is 0 Å². The Morgan fingerprint density at radius 3 is 2.84 bits per heavy atom. The molecule has 31 heavy (non-hydrogen) atoms. The number of benzene rings is 2. The molecule has 2 aromatic heterocycles. The third-order valence-corrected chi connectivity index (χ3v) is 5.94. The quantitative estimate of drug-likeness (QED) is 0.472. The van der Waals surface area contributed by atoms with Crippen LogP contribution < -0.4 is 0 Å². The first-order valence-electron chi connectivity index (χ1n) is 10.4. The fraction of sp³-hybridized carbons (Fsp3) is 0.304. The number of hydrogen-bond acceptors (Lipinski definition) is 5. The Labute approximate surface area is 184 Å². The summed E-state index contributed by atoms with van der Waals surface area (Å²) in [6.45, 7) is 3.69. The minimum Gasteiger partial charge on any atom is -0.376 e. The van der Waals surface area contributed by atoms with E-state index in [0.717, 1.165) is 41.5 Å². The van der Waals surface area contributed by atoms with Gasteiger partial charge in [-0.15, -0.1) is 5.10 Å². The number of hydrogen-bond donors (Lipinski definition) is 0. The van der Waals surface area contributed by atoms with Crippen molar-refractivity contribution in [2.24, 2.45) is 0 Å². The van der Waals surface area contributed by atoms with Crippen LogP contribution in [0.25, 0.3) is 16.6 Å². The van der Waals surface area contributed by atoms with E-state index in [4.69, 9.17) is 16.3 Å². The van der Waals surface area contributed by atoms with E-state index in [2.05, 4.69) is 34.6 Å². The number of carbonyl (C=O) groups is 1. The largest absolute Gasteiger partial charge is 0.376 e. The number of nitrogens with zero attached hydrogens (tertiary/aromatic N) is 5. The van der Waals surface area contributed by atoms with Gasteiger partial charge in [-0.2, -0.15) is 4.52 Å². The third kappa shape index (κ3) is 3.98. The van der Waals surface area contributed by atoms with Crippen molar-refractivity contribution in [1.82, 2.24) is 24.9 Å². The Morgan fingerprint density at radius 1 is 1.23 bits per heavy atom. The molecule has 1 aliphatic heterocycles. The molecule has 0 spiro atoms. The van der Waals surface area contributed by atoms with E-state index >= 15 is 0 Å². The average molecular weight is 436 g/mol. The van der Waals surface area contributed by atoms with Gasteiger partial charge in [-0.25, -0.2) is 0 Å². The maximum atomic E-state index is 13.4. The van der Waals surface area contributed by atoms with Gasteiger partial charge in [0, 0.05) is 41.2 Å². The number of carbonyl (C=O) groups excluding carboxylic acids is 1. The summed E-state index contributed by atoms with van der Waals surface area (Å²) in [5.74, 6) is -0.0675. The Kier molecular flexibility index (Phi) is 5.29. The SMILES string of the molecule is Cc1ccc2c(c1)cc(CN(C[C@@H]1CCCO1)C(=O)c1ccc(Cl)cc1)c1nnnn12. The molecule has 3 heterocycles. The van der Waals surface area contributed by atoms with Crippen molar-refractivity contribution < 1.29 is 9.53 Å². The monoisotopic (exact) mass is 435 g/mol. The summed E-state index contributed by atoms with van der Waals surface area (Å²) in [5.41, 5.74) is 4.22. The minimum absolute atomic E-state index is 0.0333. The lowest BCUT2D eigenvalue weighted by Gasteiger charge is -2.26. The Bertz CT molecular complexity index is 1250. The number of halogens is 1. The molecule has 0 aliphatic carbocycles. The maximum Gasteiger partial charge on any atom is 0.254 e. The summed E-state index contributed by atoms with van der Waals surface area (Å²) >= 11 is 6.01. The summed E-state index contributed by atoms with van der Waals surface area (Å²) in [4.78, 5) is 15.2. The second-order valence-electron chi connectivity index (χ2n) is 7.97. The van der Waals surface area contributed by atoms with Crippen LogP contribution in [0.3, 0.4) is 0 Å². The smallest absolute Gasteiger partial charge is 0.254 e. The van der Waals surface area contributed by atoms with E-state index in [-0.39, 0.29) is 12.0 Å². The molecule has 0 saturated carbocycles. The number of rotatable bonds is 5. The fourth-order valence-corrected chi connectivity index (χ4v) is 4.26. The highest BCUT2D eigenvalue weighted by Gasteiger charge is 2.25. The van der Waals surface area contributed by atoms with E-state index in [1.165, 1.54) is 0 Å². The lowest BCUT2D eigenvalue weighted by Crippen LogP contribution is -2.37. The molecule has 5 rings (SSSR count). The first-order chi connectivity index (χ1) is 15.1. The zero-order valence-electron chi connectivity index (χ0n) is 17.2. The predicted octanol–water partition coefficient (Wildman–Crippen LogP) is 4.06. The molecular weight excluding hydrogens is 414 g/mol. The summed E-state index contributed by atoms with van der Waals surface area (Å²) < 4.78 is 7.56. The van der Waals surface area contributed by atoms with Gasteiger partial charge in [0.05, 0.1) is 11.6 Å². The third-order valence-electron chi connectivity index (χ3n) is 5.69. The molecular formula is C23H22ClN5O2. The van der Waals surface area contributed by atoms with E-state index < -0.39 is 0 Å². The van der Waals surface area contributed by atoms with Gasteiger partial charge in [-0.1, -0.05) is 23.2 Å².